The maximum absolute atomic E-state index is 10.9. The van der Waals surface area contributed by atoms with E-state index in [1.165, 1.54) is 0 Å². The summed E-state index contributed by atoms with van der Waals surface area (Å²) < 4.78 is 0. The highest BCUT2D eigenvalue weighted by Gasteiger charge is 2.34. The molecule has 0 amide bonds. The zero-order valence-electron chi connectivity index (χ0n) is 14.4. The van der Waals surface area contributed by atoms with E-state index in [0.29, 0.717) is 12.8 Å². The van der Waals surface area contributed by atoms with Crippen molar-refractivity contribution in [2.75, 3.05) is 13.1 Å². The Morgan fingerprint density at radius 2 is 1.76 bits per heavy atom. The Morgan fingerprint density at radius 1 is 1.04 bits per heavy atom. The Balaban J connectivity index is 1.48. The number of para-hydroxylation sites is 2. The van der Waals surface area contributed by atoms with Crippen LogP contribution in [0.15, 0.2) is 48.8 Å². The molecule has 1 saturated heterocycles. The molecule has 0 saturated carbocycles. The molecule has 1 aromatic carbocycles. The molecule has 1 aliphatic rings. The van der Waals surface area contributed by atoms with Gasteiger partial charge in [0, 0.05) is 37.6 Å². The summed E-state index contributed by atoms with van der Waals surface area (Å²) in [5.74, 6) is 0. The fourth-order valence-corrected chi connectivity index (χ4v) is 3.49. The summed E-state index contributed by atoms with van der Waals surface area (Å²) >= 11 is 0. The van der Waals surface area contributed by atoms with Crippen molar-refractivity contribution in [1.82, 2.24) is 19.9 Å². The molecule has 3 heterocycles. The summed E-state index contributed by atoms with van der Waals surface area (Å²) in [4.78, 5) is 15.9. The molecule has 0 atom stereocenters. The van der Waals surface area contributed by atoms with E-state index in [1.54, 1.807) is 12.4 Å². The minimum atomic E-state index is -0.769. The number of nitrogens with zero attached hydrogens (tertiary/aromatic N) is 4. The van der Waals surface area contributed by atoms with Crippen molar-refractivity contribution in [3.63, 3.8) is 0 Å². The van der Waals surface area contributed by atoms with Crippen molar-refractivity contribution in [2.45, 2.75) is 31.9 Å². The van der Waals surface area contributed by atoms with Gasteiger partial charge in [-0.3, -0.25) is 9.88 Å². The topological polar surface area (TPSA) is 62.1 Å². The van der Waals surface area contributed by atoms with Gasteiger partial charge in [-0.15, -0.1) is 0 Å². The molecule has 1 aliphatic heterocycles. The van der Waals surface area contributed by atoms with Crippen molar-refractivity contribution in [3.05, 3.63) is 65.7 Å². The van der Waals surface area contributed by atoms with Crippen molar-refractivity contribution >= 4 is 11.0 Å². The van der Waals surface area contributed by atoms with Gasteiger partial charge < -0.3 is 5.11 Å². The third kappa shape index (κ3) is 3.25. The zero-order valence-corrected chi connectivity index (χ0v) is 14.4. The molecule has 4 rings (SSSR count). The average molecular weight is 334 g/mol. The number of pyridine rings is 1. The number of hydrogen-bond donors (Lipinski definition) is 1. The van der Waals surface area contributed by atoms with Crippen LogP contribution in [0.2, 0.25) is 0 Å². The molecule has 0 aliphatic carbocycles. The number of aromatic nitrogens is 3. The first-order valence-corrected chi connectivity index (χ1v) is 8.72. The summed E-state index contributed by atoms with van der Waals surface area (Å²) in [6, 6.07) is 11.8. The normalized spacial score (nSPS) is 17.7. The fraction of sp³-hybridized carbons (Fsp3) is 0.350. The second-order valence-corrected chi connectivity index (χ2v) is 6.79. The van der Waals surface area contributed by atoms with E-state index in [-0.39, 0.29) is 0 Å². The van der Waals surface area contributed by atoms with Gasteiger partial charge in [-0.2, -0.15) is 0 Å². The lowest BCUT2D eigenvalue weighted by Gasteiger charge is -2.38. The zero-order chi connectivity index (χ0) is 17.3. The molecule has 0 spiro atoms. The van der Waals surface area contributed by atoms with Gasteiger partial charge in [0.2, 0.25) is 0 Å². The first-order chi connectivity index (χ1) is 12.1. The van der Waals surface area contributed by atoms with Gasteiger partial charge in [-0.25, -0.2) is 9.97 Å². The molecule has 1 N–H and O–H groups in total. The largest absolute Gasteiger partial charge is 0.385 e. The predicted octanol–water partition coefficient (Wildman–Crippen LogP) is 2.82. The number of rotatable bonds is 3. The summed E-state index contributed by atoms with van der Waals surface area (Å²) in [5.41, 5.74) is 4.02. The Bertz CT molecular complexity index is 873. The van der Waals surface area contributed by atoms with Gasteiger partial charge in [0.05, 0.1) is 28.0 Å². The highest BCUT2D eigenvalue weighted by Crippen LogP contribution is 2.32. The number of benzene rings is 1. The Labute approximate surface area is 147 Å². The molecular weight excluding hydrogens is 312 g/mol. The molecule has 5 heteroatoms. The molecule has 0 radical (unpaired) electrons. The molecular formula is C20H22N4O. The van der Waals surface area contributed by atoms with E-state index in [4.69, 9.17) is 4.98 Å². The molecule has 5 nitrogen and oxygen atoms in total. The predicted molar refractivity (Wildman–Crippen MR) is 96.9 cm³/mol. The van der Waals surface area contributed by atoms with Crippen molar-refractivity contribution < 1.29 is 5.11 Å². The van der Waals surface area contributed by atoms with Crippen molar-refractivity contribution in [1.29, 1.82) is 0 Å². The van der Waals surface area contributed by atoms with Crippen LogP contribution in [0.4, 0.5) is 0 Å². The van der Waals surface area contributed by atoms with E-state index < -0.39 is 5.60 Å². The van der Waals surface area contributed by atoms with E-state index in [0.717, 1.165) is 47.6 Å². The first-order valence-electron chi connectivity index (χ1n) is 8.72. The van der Waals surface area contributed by atoms with Crippen LogP contribution in [0, 0.1) is 6.92 Å². The van der Waals surface area contributed by atoms with Gasteiger partial charge in [0.15, 0.2) is 0 Å². The molecule has 0 bridgehead atoms. The maximum Gasteiger partial charge on any atom is 0.0935 e. The third-order valence-electron chi connectivity index (χ3n) is 5.10. The van der Waals surface area contributed by atoms with Gasteiger partial charge in [-0.1, -0.05) is 18.2 Å². The average Bonchev–Trinajstić information content (AvgIpc) is 2.65. The lowest BCUT2D eigenvalue weighted by molar-refractivity contribution is -0.0282. The summed E-state index contributed by atoms with van der Waals surface area (Å²) in [6.45, 7) is 4.45. The molecule has 0 unspecified atom stereocenters. The molecule has 3 aromatic rings. The van der Waals surface area contributed by atoms with Crippen LogP contribution >= 0.6 is 0 Å². The Kier molecular flexibility index (Phi) is 4.19. The lowest BCUT2D eigenvalue weighted by atomic mass is 9.85. The Morgan fingerprint density at radius 3 is 2.44 bits per heavy atom. The van der Waals surface area contributed by atoms with E-state index in [9.17, 15) is 5.11 Å². The van der Waals surface area contributed by atoms with E-state index >= 15 is 0 Å². The Hall–Kier alpha value is -2.37. The highest BCUT2D eigenvalue weighted by atomic mass is 16.3. The minimum absolute atomic E-state index is 0.707. The van der Waals surface area contributed by atoms with Gasteiger partial charge in [0.25, 0.3) is 0 Å². The summed E-state index contributed by atoms with van der Waals surface area (Å²) in [7, 11) is 0. The standard InChI is InChI=1S/C20H22N4O/c1-15-19(23-18-7-3-2-6-17(18)22-15)14-24-11-8-20(25,9-12-24)16-5-4-10-21-13-16/h2-7,10,13,25H,8-9,11-12,14H2,1H3. The number of hydrogen-bond acceptors (Lipinski definition) is 5. The summed E-state index contributed by atoms with van der Waals surface area (Å²) in [6.07, 6.45) is 4.93. The van der Waals surface area contributed by atoms with Crippen molar-refractivity contribution in [3.8, 4) is 0 Å². The number of aryl methyl sites for hydroxylation is 1. The number of likely N-dealkylation sites (tertiary alicyclic amines) is 1. The number of piperidine rings is 1. The highest BCUT2D eigenvalue weighted by molar-refractivity contribution is 5.74. The second kappa shape index (κ2) is 6.50. The van der Waals surface area contributed by atoms with Gasteiger partial charge in [0.1, 0.15) is 0 Å². The van der Waals surface area contributed by atoms with Crippen LogP contribution in [0.5, 0.6) is 0 Å². The number of fused-ring (bicyclic) bond motifs is 1. The smallest absolute Gasteiger partial charge is 0.0935 e. The van der Waals surface area contributed by atoms with Crippen LogP contribution in [-0.2, 0) is 12.1 Å². The van der Waals surface area contributed by atoms with E-state index in [1.807, 2.05) is 43.3 Å². The maximum atomic E-state index is 10.9. The van der Waals surface area contributed by atoms with Crippen LogP contribution in [0.1, 0.15) is 29.8 Å². The molecule has 2 aromatic heterocycles. The van der Waals surface area contributed by atoms with E-state index in [2.05, 4.69) is 14.9 Å². The van der Waals surface area contributed by atoms with Crippen LogP contribution in [0.3, 0.4) is 0 Å². The monoisotopic (exact) mass is 334 g/mol. The SMILES string of the molecule is Cc1nc2ccccc2nc1CN1CCC(O)(c2cccnc2)CC1. The second-order valence-electron chi connectivity index (χ2n) is 6.79. The molecule has 128 valence electrons. The van der Waals surface area contributed by atoms with Crippen molar-refractivity contribution in [2.24, 2.45) is 0 Å². The van der Waals surface area contributed by atoms with Crippen LogP contribution in [-0.4, -0.2) is 38.0 Å². The van der Waals surface area contributed by atoms with Gasteiger partial charge >= 0.3 is 0 Å². The molecule has 1 fully saturated rings. The summed E-state index contributed by atoms with van der Waals surface area (Å²) in [5, 5.41) is 10.9. The first kappa shape index (κ1) is 16.1. The van der Waals surface area contributed by atoms with Crippen LogP contribution < -0.4 is 0 Å². The van der Waals surface area contributed by atoms with Gasteiger partial charge in [-0.05, 0) is 38.0 Å². The molecule has 25 heavy (non-hydrogen) atoms. The fourth-order valence-electron chi connectivity index (χ4n) is 3.49. The minimum Gasteiger partial charge on any atom is -0.385 e. The quantitative estimate of drug-likeness (QED) is 0.798. The third-order valence-corrected chi connectivity index (χ3v) is 5.10. The number of aliphatic hydroxyl groups is 1. The lowest BCUT2D eigenvalue weighted by Crippen LogP contribution is -2.42. The van der Waals surface area contributed by atoms with Crippen LogP contribution in [0.25, 0.3) is 11.0 Å².